The monoisotopic (exact) mass is 346 g/mol. The Balaban J connectivity index is 1.76. The highest BCUT2D eigenvalue weighted by molar-refractivity contribution is 7.89. The summed E-state index contributed by atoms with van der Waals surface area (Å²) in [5.41, 5.74) is 3.01. The predicted octanol–water partition coefficient (Wildman–Crippen LogP) is 2.23. The zero-order valence-corrected chi connectivity index (χ0v) is 14.7. The Hall–Kier alpha value is -1.76. The summed E-state index contributed by atoms with van der Waals surface area (Å²) in [6.45, 7) is 4.76. The number of aromatic nitrogens is 1. The third-order valence-corrected chi connectivity index (χ3v) is 5.73. The second-order valence-corrected chi connectivity index (χ2v) is 8.12. The molecule has 5 nitrogen and oxygen atoms in total. The highest BCUT2D eigenvalue weighted by Gasteiger charge is 2.32. The molecule has 0 radical (unpaired) electrons. The van der Waals surface area contributed by atoms with Crippen molar-refractivity contribution in [1.82, 2.24) is 9.71 Å². The van der Waals surface area contributed by atoms with Crippen LogP contribution in [0.2, 0.25) is 0 Å². The molecule has 1 saturated heterocycles. The van der Waals surface area contributed by atoms with Crippen LogP contribution in [0.25, 0.3) is 0 Å². The van der Waals surface area contributed by atoms with Gasteiger partial charge in [0.25, 0.3) is 0 Å². The summed E-state index contributed by atoms with van der Waals surface area (Å²) in [7, 11) is -3.56. The first-order chi connectivity index (χ1) is 11.4. The number of ether oxygens (including phenoxy) is 1. The molecule has 2 unspecified atom stereocenters. The molecule has 24 heavy (non-hydrogen) atoms. The summed E-state index contributed by atoms with van der Waals surface area (Å²) in [5, 5.41) is 0. The van der Waals surface area contributed by atoms with E-state index in [-0.39, 0.29) is 12.0 Å². The minimum Gasteiger partial charge on any atom is -0.379 e. The summed E-state index contributed by atoms with van der Waals surface area (Å²) in [5.74, 6) is 0.119. The largest absolute Gasteiger partial charge is 0.379 e. The number of nitrogens with one attached hydrogen (secondary N) is 1. The molecule has 0 amide bonds. The van der Waals surface area contributed by atoms with Crippen molar-refractivity contribution in [3.05, 3.63) is 59.4 Å². The lowest BCUT2D eigenvalue weighted by atomic mass is 9.96. The zero-order valence-electron chi connectivity index (χ0n) is 13.9. The molecular formula is C18H22N2O3S. The molecule has 1 aliphatic rings. The molecule has 3 rings (SSSR count). The number of sulfonamides is 1. The molecule has 0 bridgehead atoms. The van der Waals surface area contributed by atoms with Gasteiger partial charge in [-0.15, -0.1) is 0 Å². The van der Waals surface area contributed by atoms with Gasteiger partial charge in [0.2, 0.25) is 10.0 Å². The molecule has 1 aliphatic heterocycles. The topological polar surface area (TPSA) is 68.3 Å². The van der Waals surface area contributed by atoms with Crippen LogP contribution in [0.3, 0.4) is 0 Å². The maximum absolute atomic E-state index is 12.7. The van der Waals surface area contributed by atoms with E-state index >= 15 is 0 Å². The van der Waals surface area contributed by atoms with Crippen LogP contribution >= 0.6 is 0 Å². The molecule has 6 heteroatoms. The molecule has 1 fully saturated rings. The lowest BCUT2D eigenvalue weighted by molar-refractivity contribution is 0.183. The molecule has 1 N–H and O–H groups in total. The van der Waals surface area contributed by atoms with Crippen molar-refractivity contribution in [3.8, 4) is 0 Å². The first kappa shape index (κ1) is 17.1. The zero-order chi connectivity index (χ0) is 17.2. The van der Waals surface area contributed by atoms with E-state index in [0.29, 0.717) is 18.1 Å². The van der Waals surface area contributed by atoms with Gasteiger partial charge in [0, 0.05) is 18.3 Å². The molecule has 1 aromatic heterocycles. The van der Waals surface area contributed by atoms with Crippen molar-refractivity contribution in [2.75, 3.05) is 13.2 Å². The Morgan fingerprint density at radius 2 is 1.79 bits per heavy atom. The quantitative estimate of drug-likeness (QED) is 0.901. The average molecular weight is 346 g/mol. The van der Waals surface area contributed by atoms with E-state index in [1.165, 1.54) is 0 Å². The smallest absolute Gasteiger partial charge is 0.240 e. The maximum atomic E-state index is 12.7. The van der Waals surface area contributed by atoms with E-state index in [0.717, 1.165) is 23.1 Å². The van der Waals surface area contributed by atoms with Crippen LogP contribution in [-0.2, 0) is 21.2 Å². The number of benzene rings is 1. The van der Waals surface area contributed by atoms with Gasteiger partial charge in [-0.2, -0.15) is 0 Å². The van der Waals surface area contributed by atoms with Gasteiger partial charge >= 0.3 is 0 Å². The van der Waals surface area contributed by atoms with Crippen molar-refractivity contribution < 1.29 is 13.2 Å². The average Bonchev–Trinajstić information content (AvgIpc) is 2.93. The normalized spacial score (nSPS) is 21.1. The van der Waals surface area contributed by atoms with Gasteiger partial charge < -0.3 is 4.74 Å². The number of hydrogen-bond donors (Lipinski definition) is 1. The fourth-order valence-corrected chi connectivity index (χ4v) is 4.58. The van der Waals surface area contributed by atoms with Gasteiger partial charge in [0.1, 0.15) is 0 Å². The number of nitrogens with zero attached hydrogens (tertiary/aromatic N) is 1. The Morgan fingerprint density at radius 3 is 2.46 bits per heavy atom. The van der Waals surface area contributed by atoms with Crippen molar-refractivity contribution in [1.29, 1.82) is 0 Å². The van der Waals surface area contributed by atoms with E-state index in [9.17, 15) is 8.42 Å². The summed E-state index contributed by atoms with van der Waals surface area (Å²) in [4.78, 5) is 4.33. The van der Waals surface area contributed by atoms with Crippen LogP contribution in [-0.4, -0.2) is 32.7 Å². The number of aryl methyl sites for hydroxylation is 2. The maximum Gasteiger partial charge on any atom is 0.240 e. The summed E-state index contributed by atoms with van der Waals surface area (Å²) < 4.78 is 33.8. The van der Waals surface area contributed by atoms with E-state index in [1.807, 2.05) is 32.0 Å². The first-order valence-electron chi connectivity index (χ1n) is 8.01. The third kappa shape index (κ3) is 4.01. The summed E-state index contributed by atoms with van der Waals surface area (Å²) in [6.07, 6.45) is 4.27. The van der Waals surface area contributed by atoms with Crippen molar-refractivity contribution in [2.45, 2.75) is 31.2 Å². The van der Waals surface area contributed by atoms with Gasteiger partial charge in [-0.1, -0.05) is 6.07 Å². The Morgan fingerprint density at radius 1 is 1.12 bits per heavy atom. The minimum atomic E-state index is -3.56. The molecular weight excluding hydrogens is 324 g/mol. The van der Waals surface area contributed by atoms with Crippen molar-refractivity contribution in [2.24, 2.45) is 5.92 Å². The Labute approximate surface area is 143 Å². The molecule has 0 spiro atoms. The predicted molar refractivity (Wildman–Crippen MR) is 92.3 cm³/mol. The van der Waals surface area contributed by atoms with E-state index in [4.69, 9.17) is 4.74 Å². The lowest BCUT2D eigenvalue weighted by Gasteiger charge is -2.19. The Kier molecular flexibility index (Phi) is 4.99. The van der Waals surface area contributed by atoms with Gasteiger partial charge in [-0.25, -0.2) is 13.1 Å². The lowest BCUT2D eigenvalue weighted by Crippen LogP contribution is -2.40. The van der Waals surface area contributed by atoms with Crippen molar-refractivity contribution >= 4 is 10.0 Å². The van der Waals surface area contributed by atoms with Gasteiger partial charge in [0.15, 0.2) is 0 Å². The van der Waals surface area contributed by atoms with E-state index in [1.54, 1.807) is 24.5 Å². The number of rotatable bonds is 5. The molecule has 128 valence electrons. The van der Waals surface area contributed by atoms with Gasteiger partial charge in [-0.3, -0.25) is 4.98 Å². The van der Waals surface area contributed by atoms with Gasteiger partial charge in [-0.05, 0) is 61.2 Å². The van der Waals surface area contributed by atoms with Crippen molar-refractivity contribution in [3.63, 3.8) is 0 Å². The minimum absolute atomic E-state index is 0.119. The summed E-state index contributed by atoms with van der Waals surface area (Å²) >= 11 is 0. The second kappa shape index (κ2) is 7.01. The van der Waals surface area contributed by atoms with E-state index < -0.39 is 10.0 Å². The fourth-order valence-electron chi connectivity index (χ4n) is 3.11. The first-order valence-corrected chi connectivity index (χ1v) is 9.49. The molecule has 2 heterocycles. The molecule has 1 aromatic carbocycles. The summed E-state index contributed by atoms with van der Waals surface area (Å²) in [6, 6.07) is 9.04. The third-order valence-electron chi connectivity index (χ3n) is 4.26. The SMILES string of the molecule is Cc1cc(C)cc(S(=O)(=O)NC2COCC2Cc2ccncc2)c1. The Bertz CT molecular complexity index is 786. The van der Waals surface area contributed by atoms with Crippen LogP contribution in [0, 0.1) is 19.8 Å². The fraction of sp³-hybridized carbons (Fsp3) is 0.389. The van der Waals surface area contributed by atoms with E-state index in [2.05, 4.69) is 9.71 Å². The highest BCUT2D eigenvalue weighted by atomic mass is 32.2. The van der Waals surface area contributed by atoms with Gasteiger partial charge in [0.05, 0.1) is 24.2 Å². The number of hydrogen-bond acceptors (Lipinski definition) is 4. The highest BCUT2D eigenvalue weighted by Crippen LogP contribution is 2.22. The number of pyridine rings is 1. The molecule has 0 aliphatic carbocycles. The standard InChI is InChI=1S/C18H22N2O3S/c1-13-7-14(2)9-17(8-13)24(21,22)20-18-12-23-11-16(18)10-15-3-5-19-6-4-15/h3-9,16,18,20H,10-12H2,1-2H3. The molecule has 0 saturated carbocycles. The van der Waals surface area contributed by atoms with Crippen LogP contribution < -0.4 is 4.72 Å². The van der Waals surface area contributed by atoms with Crippen LogP contribution in [0.4, 0.5) is 0 Å². The second-order valence-electron chi connectivity index (χ2n) is 6.41. The van der Waals surface area contributed by atoms with Crippen LogP contribution in [0.5, 0.6) is 0 Å². The molecule has 2 atom stereocenters. The molecule has 2 aromatic rings. The van der Waals surface area contributed by atoms with Crippen LogP contribution in [0.1, 0.15) is 16.7 Å². The van der Waals surface area contributed by atoms with Crippen LogP contribution in [0.15, 0.2) is 47.6 Å².